The Hall–Kier alpha value is -2.56. The number of aliphatic imine (C=N–C) groups is 1. The molecule has 0 saturated carbocycles. The largest absolute Gasteiger partial charge is 0.504 e. The fourth-order valence-corrected chi connectivity index (χ4v) is 1.60. The summed E-state index contributed by atoms with van der Waals surface area (Å²) in [7, 11) is 0. The van der Waals surface area contributed by atoms with Crippen LogP contribution in [0.3, 0.4) is 0 Å². The van der Waals surface area contributed by atoms with Gasteiger partial charge in [-0.1, -0.05) is 17.7 Å². The van der Waals surface area contributed by atoms with Gasteiger partial charge in [-0.25, -0.2) is 0 Å². The summed E-state index contributed by atoms with van der Waals surface area (Å²) in [6.45, 7) is 3.19. The lowest BCUT2D eigenvalue weighted by molar-refractivity contribution is 0.101. The first-order valence-corrected chi connectivity index (χ1v) is 5.65. The highest BCUT2D eigenvalue weighted by atomic mass is 16.5. The molecule has 2 N–H and O–H groups in total. The number of carbonyl (C=O) groups is 1. The van der Waals surface area contributed by atoms with Crippen molar-refractivity contribution >= 4 is 17.7 Å². The molecule has 0 saturated heterocycles. The minimum Gasteiger partial charge on any atom is -0.504 e. The Kier molecular flexibility index (Phi) is 3.37. The molecule has 0 unspecified atom stereocenters. The summed E-state index contributed by atoms with van der Waals surface area (Å²) in [5.41, 5.74) is 1.55. The second-order valence-electron chi connectivity index (χ2n) is 4.15. The van der Waals surface area contributed by atoms with Gasteiger partial charge in [0, 0.05) is 0 Å². The number of aromatic hydroxyl groups is 2. The van der Waals surface area contributed by atoms with E-state index in [0.29, 0.717) is 5.69 Å². The number of aryl methyl sites for hydroxylation is 1. The van der Waals surface area contributed by atoms with Crippen molar-refractivity contribution in [3.05, 3.63) is 41.2 Å². The number of furan rings is 1. The van der Waals surface area contributed by atoms with Crippen molar-refractivity contribution < 1.29 is 19.4 Å². The molecule has 19 heavy (non-hydrogen) atoms. The SMILES string of the molecule is CC(=O)c1c(O)oc(C=Nc2ccc(C)cc2)c1O. The molecule has 0 aliphatic carbocycles. The van der Waals surface area contributed by atoms with Crippen LogP contribution in [0.1, 0.15) is 28.6 Å². The maximum absolute atomic E-state index is 11.2. The zero-order valence-corrected chi connectivity index (χ0v) is 10.5. The van der Waals surface area contributed by atoms with E-state index in [1.165, 1.54) is 13.1 Å². The summed E-state index contributed by atoms with van der Waals surface area (Å²) in [4.78, 5) is 15.3. The van der Waals surface area contributed by atoms with Gasteiger partial charge in [-0.2, -0.15) is 0 Å². The smallest absolute Gasteiger partial charge is 0.297 e. The molecule has 2 aromatic rings. The molecule has 5 heteroatoms. The van der Waals surface area contributed by atoms with E-state index in [1.807, 2.05) is 19.1 Å². The van der Waals surface area contributed by atoms with Crippen molar-refractivity contribution in [1.82, 2.24) is 0 Å². The third-order valence-electron chi connectivity index (χ3n) is 2.61. The highest BCUT2D eigenvalue weighted by molar-refractivity contribution is 6.01. The van der Waals surface area contributed by atoms with Crippen LogP contribution in [0.2, 0.25) is 0 Å². The van der Waals surface area contributed by atoms with E-state index in [-0.39, 0.29) is 11.3 Å². The molecule has 1 heterocycles. The molecule has 0 amide bonds. The highest BCUT2D eigenvalue weighted by Gasteiger charge is 2.21. The van der Waals surface area contributed by atoms with Crippen molar-refractivity contribution in [1.29, 1.82) is 0 Å². The topological polar surface area (TPSA) is 83.0 Å². The molecule has 2 rings (SSSR count). The molecule has 0 aliphatic rings. The number of carbonyl (C=O) groups excluding carboxylic acids is 1. The Labute approximate surface area is 109 Å². The van der Waals surface area contributed by atoms with Crippen molar-refractivity contribution in [3.63, 3.8) is 0 Å². The van der Waals surface area contributed by atoms with Crippen LogP contribution in [-0.2, 0) is 0 Å². The molecule has 0 fully saturated rings. The summed E-state index contributed by atoms with van der Waals surface area (Å²) in [6, 6.07) is 7.40. The van der Waals surface area contributed by atoms with E-state index in [0.717, 1.165) is 5.56 Å². The van der Waals surface area contributed by atoms with E-state index in [9.17, 15) is 15.0 Å². The second-order valence-corrected chi connectivity index (χ2v) is 4.15. The van der Waals surface area contributed by atoms with Gasteiger partial charge < -0.3 is 14.6 Å². The number of hydrogen-bond donors (Lipinski definition) is 2. The van der Waals surface area contributed by atoms with Crippen molar-refractivity contribution in [2.45, 2.75) is 13.8 Å². The summed E-state index contributed by atoms with van der Waals surface area (Å²) >= 11 is 0. The molecule has 0 atom stereocenters. The van der Waals surface area contributed by atoms with Crippen LogP contribution >= 0.6 is 0 Å². The molecular formula is C14H13NO4. The Morgan fingerprint density at radius 2 is 1.89 bits per heavy atom. The Morgan fingerprint density at radius 1 is 1.26 bits per heavy atom. The van der Waals surface area contributed by atoms with Crippen molar-refractivity contribution in [2.75, 3.05) is 0 Å². The predicted octanol–water partition coefficient (Wildman–Crippen LogP) is 2.95. The van der Waals surface area contributed by atoms with Gasteiger partial charge in [-0.15, -0.1) is 0 Å². The molecule has 0 aliphatic heterocycles. The minimum absolute atomic E-state index is 0.0525. The zero-order valence-electron chi connectivity index (χ0n) is 10.5. The van der Waals surface area contributed by atoms with Crippen LogP contribution < -0.4 is 0 Å². The highest BCUT2D eigenvalue weighted by Crippen LogP contribution is 2.33. The molecule has 1 aromatic heterocycles. The van der Waals surface area contributed by atoms with Crippen LogP contribution in [-0.4, -0.2) is 22.2 Å². The first-order valence-electron chi connectivity index (χ1n) is 5.65. The van der Waals surface area contributed by atoms with Gasteiger partial charge in [0.05, 0.1) is 11.9 Å². The van der Waals surface area contributed by atoms with Crippen LogP contribution in [0, 0.1) is 6.92 Å². The number of ketones is 1. The number of Topliss-reactive ketones (excluding diaryl/α,β-unsaturated/α-hetero) is 1. The monoisotopic (exact) mass is 259 g/mol. The van der Waals surface area contributed by atoms with Crippen LogP contribution in [0.15, 0.2) is 33.7 Å². The minimum atomic E-state index is -0.602. The normalized spacial score (nSPS) is 11.1. The van der Waals surface area contributed by atoms with E-state index in [4.69, 9.17) is 4.42 Å². The van der Waals surface area contributed by atoms with Crippen molar-refractivity contribution in [3.8, 4) is 11.7 Å². The molecule has 0 bridgehead atoms. The molecule has 5 nitrogen and oxygen atoms in total. The maximum Gasteiger partial charge on any atom is 0.297 e. The van der Waals surface area contributed by atoms with Gasteiger partial charge in [0.25, 0.3) is 5.95 Å². The first-order chi connectivity index (χ1) is 8.99. The molecular weight excluding hydrogens is 246 g/mol. The Morgan fingerprint density at radius 3 is 2.42 bits per heavy atom. The molecule has 0 radical (unpaired) electrons. The van der Waals surface area contributed by atoms with Gasteiger partial charge in [-0.3, -0.25) is 9.79 Å². The summed E-state index contributed by atoms with van der Waals surface area (Å²) in [5, 5.41) is 19.1. The standard InChI is InChI=1S/C14H13NO4/c1-8-3-5-10(6-4-8)15-7-11-13(17)12(9(2)16)14(18)19-11/h3-7,17-18H,1-2H3. The van der Waals surface area contributed by atoms with Crippen LogP contribution in [0.4, 0.5) is 5.69 Å². The summed E-state index contributed by atoms with van der Waals surface area (Å²) in [6.07, 6.45) is 1.26. The van der Waals surface area contributed by atoms with Gasteiger partial charge in [0.15, 0.2) is 17.3 Å². The Balaban J connectivity index is 2.31. The zero-order chi connectivity index (χ0) is 14.0. The number of hydrogen-bond acceptors (Lipinski definition) is 5. The quantitative estimate of drug-likeness (QED) is 0.655. The van der Waals surface area contributed by atoms with E-state index in [1.54, 1.807) is 12.1 Å². The lowest BCUT2D eigenvalue weighted by atomic mass is 10.2. The second kappa shape index (κ2) is 4.97. The lowest BCUT2D eigenvalue weighted by Gasteiger charge is -1.94. The van der Waals surface area contributed by atoms with Gasteiger partial charge in [0.1, 0.15) is 5.56 Å². The number of nitrogens with zero attached hydrogens (tertiary/aromatic N) is 1. The average molecular weight is 259 g/mol. The number of benzene rings is 1. The van der Waals surface area contributed by atoms with E-state index in [2.05, 4.69) is 4.99 Å². The molecule has 1 aromatic carbocycles. The first kappa shape index (κ1) is 12.9. The third-order valence-corrected chi connectivity index (χ3v) is 2.61. The fourth-order valence-electron chi connectivity index (χ4n) is 1.60. The fraction of sp³-hybridized carbons (Fsp3) is 0.143. The average Bonchev–Trinajstić information content (AvgIpc) is 2.63. The van der Waals surface area contributed by atoms with Gasteiger partial charge >= 0.3 is 0 Å². The van der Waals surface area contributed by atoms with Gasteiger partial charge in [-0.05, 0) is 26.0 Å². The lowest BCUT2D eigenvalue weighted by Crippen LogP contribution is -1.89. The third kappa shape index (κ3) is 2.65. The molecule has 98 valence electrons. The van der Waals surface area contributed by atoms with Gasteiger partial charge in [0.2, 0.25) is 0 Å². The number of rotatable bonds is 3. The molecule has 0 spiro atoms. The Bertz CT molecular complexity index is 638. The van der Waals surface area contributed by atoms with Crippen molar-refractivity contribution in [2.24, 2.45) is 4.99 Å². The summed E-state index contributed by atoms with van der Waals surface area (Å²) in [5.74, 6) is -1.53. The maximum atomic E-state index is 11.2. The van der Waals surface area contributed by atoms with E-state index < -0.39 is 17.5 Å². The van der Waals surface area contributed by atoms with Crippen LogP contribution in [0.5, 0.6) is 11.7 Å². The van der Waals surface area contributed by atoms with Crippen LogP contribution in [0.25, 0.3) is 0 Å². The van der Waals surface area contributed by atoms with E-state index >= 15 is 0 Å². The summed E-state index contributed by atoms with van der Waals surface area (Å²) < 4.78 is 4.89. The predicted molar refractivity (Wildman–Crippen MR) is 70.5 cm³/mol.